The third-order valence-corrected chi connectivity index (χ3v) is 4.36. The molecule has 1 fully saturated rings. The van der Waals surface area contributed by atoms with Crippen LogP contribution in [0.5, 0.6) is 0 Å². The molecule has 1 saturated heterocycles. The molecule has 1 aliphatic rings. The number of benzene rings is 2. The molecule has 0 radical (unpaired) electrons. The van der Waals surface area contributed by atoms with Crippen LogP contribution in [0.4, 0.5) is 17.1 Å². The fourth-order valence-corrected chi connectivity index (χ4v) is 2.93. The zero-order valence-corrected chi connectivity index (χ0v) is 16.1. The van der Waals surface area contributed by atoms with Crippen LogP contribution in [0.25, 0.3) is 0 Å². The number of para-hydroxylation sites is 2. The third kappa shape index (κ3) is 5.32. The molecule has 0 saturated carbocycles. The number of hydrogen-bond donors (Lipinski definition) is 2. The highest BCUT2D eigenvalue weighted by Crippen LogP contribution is 2.26. The first-order chi connectivity index (χ1) is 14.1. The Labute approximate surface area is 168 Å². The van der Waals surface area contributed by atoms with Crippen LogP contribution >= 0.6 is 0 Å². The Balaban J connectivity index is 1.63. The number of nitrogens with one attached hydrogen (secondary N) is 2. The smallest absolute Gasteiger partial charge is 0.338 e. The fraction of sp³-hybridized carbons (Fsp3) is 0.286. The number of amides is 2. The van der Waals surface area contributed by atoms with Crippen molar-refractivity contribution in [2.24, 2.45) is 0 Å². The van der Waals surface area contributed by atoms with Crippen molar-refractivity contribution in [1.29, 1.82) is 0 Å². The van der Waals surface area contributed by atoms with E-state index in [1.54, 1.807) is 31.2 Å². The van der Waals surface area contributed by atoms with Crippen LogP contribution in [0, 0.1) is 0 Å². The molecule has 3 rings (SSSR count). The molecule has 8 heteroatoms. The van der Waals surface area contributed by atoms with E-state index in [1.165, 1.54) is 12.1 Å². The molecule has 0 aliphatic carbocycles. The van der Waals surface area contributed by atoms with Gasteiger partial charge in [-0.15, -0.1) is 0 Å². The molecule has 2 amide bonds. The average Bonchev–Trinajstić information content (AvgIpc) is 2.75. The zero-order chi connectivity index (χ0) is 20.6. The summed E-state index contributed by atoms with van der Waals surface area (Å²) in [5, 5.41) is 5.19. The number of carbonyl (C=O) groups is 3. The Kier molecular flexibility index (Phi) is 6.80. The van der Waals surface area contributed by atoms with E-state index in [-0.39, 0.29) is 6.61 Å². The Morgan fingerprint density at radius 1 is 0.966 bits per heavy atom. The van der Waals surface area contributed by atoms with E-state index < -0.39 is 17.8 Å². The first kappa shape index (κ1) is 20.3. The van der Waals surface area contributed by atoms with E-state index in [9.17, 15) is 14.4 Å². The van der Waals surface area contributed by atoms with Crippen molar-refractivity contribution in [3.05, 3.63) is 54.1 Å². The molecule has 2 aromatic carbocycles. The van der Waals surface area contributed by atoms with Gasteiger partial charge in [0.2, 0.25) is 0 Å². The molecule has 0 atom stereocenters. The molecular weight excluding hydrogens is 374 g/mol. The molecule has 0 aromatic heterocycles. The van der Waals surface area contributed by atoms with E-state index >= 15 is 0 Å². The summed E-state index contributed by atoms with van der Waals surface area (Å²) in [4.78, 5) is 38.4. The zero-order valence-electron chi connectivity index (χ0n) is 16.1. The summed E-state index contributed by atoms with van der Waals surface area (Å²) in [5.74, 6) is -2.02. The topological polar surface area (TPSA) is 97.0 Å². The van der Waals surface area contributed by atoms with Crippen molar-refractivity contribution in [1.82, 2.24) is 0 Å². The molecule has 1 aliphatic heterocycles. The summed E-state index contributed by atoms with van der Waals surface area (Å²) < 4.78 is 10.3. The van der Waals surface area contributed by atoms with Crippen LogP contribution in [0.1, 0.15) is 17.3 Å². The van der Waals surface area contributed by atoms with Gasteiger partial charge >= 0.3 is 17.8 Å². The highest BCUT2D eigenvalue weighted by Gasteiger charge is 2.19. The molecule has 29 heavy (non-hydrogen) atoms. The van der Waals surface area contributed by atoms with E-state index in [2.05, 4.69) is 15.5 Å². The standard InChI is InChI=1S/C21H23N3O5/c1-2-29-21(27)15-7-9-16(10-8-15)22-19(25)20(26)23-17-5-3-4-6-18(17)24-11-13-28-14-12-24/h3-10H,2,11-14H2,1H3,(H,22,25)(H,23,26). The largest absolute Gasteiger partial charge is 0.462 e. The maximum absolute atomic E-state index is 12.4. The van der Waals surface area contributed by atoms with Crippen molar-refractivity contribution in [2.45, 2.75) is 6.92 Å². The van der Waals surface area contributed by atoms with Gasteiger partial charge in [0.05, 0.1) is 36.8 Å². The molecule has 0 spiro atoms. The van der Waals surface area contributed by atoms with Crippen molar-refractivity contribution in [2.75, 3.05) is 48.4 Å². The van der Waals surface area contributed by atoms with Gasteiger partial charge in [-0.3, -0.25) is 9.59 Å². The number of carbonyl (C=O) groups excluding carboxylic acids is 3. The summed E-state index contributed by atoms with van der Waals surface area (Å²) in [6.45, 7) is 4.67. The maximum atomic E-state index is 12.4. The average molecular weight is 397 g/mol. The van der Waals surface area contributed by atoms with Gasteiger partial charge in [-0.05, 0) is 43.3 Å². The van der Waals surface area contributed by atoms with Crippen LogP contribution in [0.15, 0.2) is 48.5 Å². The number of morpholine rings is 1. The second-order valence-electron chi connectivity index (χ2n) is 6.32. The van der Waals surface area contributed by atoms with Crippen LogP contribution in [0.3, 0.4) is 0 Å². The van der Waals surface area contributed by atoms with E-state index in [0.717, 1.165) is 5.69 Å². The van der Waals surface area contributed by atoms with Gasteiger partial charge in [-0.25, -0.2) is 4.79 Å². The maximum Gasteiger partial charge on any atom is 0.338 e. The number of rotatable bonds is 5. The van der Waals surface area contributed by atoms with Crippen LogP contribution in [-0.2, 0) is 19.1 Å². The predicted octanol–water partition coefficient (Wildman–Crippen LogP) is 2.28. The Bertz CT molecular complexity index is 876. The van der Waals surface area contributed by atoms with Gasteiger partial charge in [0.15, 0.2) is 0 Å². The van der Waals surface area contributed by atoms with Gasteiger partial charge in [0, 0.05) is 18.8 Å². The van der Waals surface area contributed by atoms with Crippen LogP contribution in [-0.4, -0.2) is 50.7 Å². The van der Waals surface area contributed by atoms with Crippen molar-refractivity contribution >= 4 is 34.8 Å². The second-order valence-corrected chi connectivity index (χ2v) is 6.32. The number of esters is 1. The molecular formula is C21H23N3O5. The summed E-state index contributed by atoms with van der Waals surface area (Å²) in [6, 6.07) is 13.5. The van der Waals surface area contributed by atoms with Crippen LogP contribution < -0.4 is 15.5 Å². The minimum absolute atomic E-state index is 0.281. The Morgan fingerprint density at radius 2 is 1.62 bits per heavy atom. The third-order valence-electron chi connectivity index (χ3n) is 4.36. The molecule has 0 bridgehead atoms. The number of hydrogen-bond acceptors (Lipinski definition) is 6. The van der Waals surface area contributed by atoms with E-state index in [0.29, 0.717) is 43.2 Å². The Morgan fingerprint density at radius 3 is 2.31 bits per heavy atom. The lowest BCUT2D eigenvalue weighted by atomic mass is 10.2. The summed E-state index contributed by atoms with van der Waals surface area (Å²) in [7, 11) is 0. The minimum atomic E-state index is -0.800. The summed E-state index contributed by atoms with van der Waals surface area (Å²) in [6.07, 6.45) is 0. The molecule has 0 unspecified atom stereocenters. The highest BCUT2D eigenvalue weighted by atomic mass is 16.5. The molecule has 1 heterocycles. The van der Waals surface area contributed by atoms with Crippen molar-refractivity contribution in [3.63, 3.8) is 0 Å². The number of anilines is 3. The lowest BCUT2D eigenvalue weighted by Gasteiger charge is -2.30. The molecule has 8 nitrogen and oxygen atoms in total. The fourth-order valence-electron chi connectivity index (χ4n) is 2.93. The number of ether oxygens (including phenoxy) is 2. The normalized spacial score (nSPS) is 13.5. The SMILES string of the molecule is CCOC(=O)c1ccc(NC(=O)C(=O)Nc2ccccc2N2CCOCC2)cc1. The minimum Gasteiger partial charge on any atom is -0.462 e. The van der Waals surface area contributed by atoms with Crippen molar-refractivity contribution < 1.29 is 23.9 Å². The van der Waals surface area contributed by atoms with Crippen LogP contribution in [0.2, 0.25) is 0 Å². The lowest BCUT2D eigenvalue weighted by molar-refractivity contribution is -0.132. The first-order valence-electron chi connectivity index (χ1n) is 9.39. The van der Waals surface area contributed by atoms with E-state index in [1.807, 2.05) is 12.1 Å². The number of nitrogens with zero attached hydrogens (tertiary/aromatic N) is 1. The Hall–Kier alpha value is -3.39. The second kappa shape index (κ2) is 9.70. The molecule has 152 valence electrons. The van der Waals surface area contributed by atoms with Crippen molar-refractivity contribution in [3.8, 4) is 0 Å². The highest BCUT2D eigenvalue weighted by molar-refractivity contribution is 6.43. The van der Waals surface area contributed by atoms with Gasteiger partial charge in [0.25, 0.3) is 0 Å². The summed E-state index contributed by atoms with van der Waals surface area (Å²) in [5.41, 5.74) is 2.18. The molecule has 2 aromatic rings. The van der Waals surface area contributed by atoms with Gasteiger partial charge in [-0.2, -0.15) is 0 Å². The van der Waals surface area contributed by atoms with Gasteiger partial charge in [-0.1, -0.05) is 12.1 Å². The first-order valence-corrected chi connectivity index (χ1v) is 9.39. The monoisotopic (exact) mass is 397 g/mol. The lowest BCUT2D eigenvalue weighted by Crippen LogP contribution is -2.37. The van der Waals surface area contributed by atoms with E-state index in [4.69, 9.17) is 9.47 Å². The van der Waals surface area contributed by atoms with Gasteiger partial charge < -0.3 is 25.0 Å². The molecule has 2 N–H and O–H groups in total. The summed E-state index contributed by atoms with van der Waals surface area (Å²) >= 11 is 0. The van der Waals surface area contributed by atoms with Gasteiger partial charge in [0.1, 0.15) is 0 Å². The quantitative estimate of drug-likeness (QED) is 0.594. The predicted molar refractivity (Wildman–Crippen MR) is 109 cm³/mol.